The molecule has 2 aromatic rings. The van der Waals surface area contributed by atoms with E-state index in [1.807, 2.05) is 24.3 Å². The van der Waals surface area contributed by atoms with Crippen LogP contribution in [0.5, 0.6) is 11.5 Å². The van der Waals surface area contributed by atoms with E-state index in [1.54, 1.807) is 31.4 Å². The molecule has 0 radical (unpaired) electrons. The van der Waals surface area contributed by atoms with Crippen molar-refractivity contribution in [2.24, 2.45) is 5.10 Å². The summed E-state index contributed by atoms with van der Waals surface area (Å²) >= 11 is 0. The van der Waals surface area contributed by atoms with Crippen molar-refractivity contribution < 1.29 is 19.1 Å². The predicted octanol–water partition coefficient (Wildman–Crippen LogP) is 2.30. The van der Waals surface area contributed by atoms with E-state index in [2.05, 4.69) is 21.8 Å². The van der Waals surface area contributed by atoms with Gasteiger partial charge in [-0.2, -0.15) is 5.10 Å². The van der Waals surface area contributed by atoms with Gasteiger partial charge in [0.25, 0.3) is 5.91 Å². The number of benzene rings is 2. The second kappa shape index (κ2) is 12.6. The van der Waals surface area contributed by atoms with Crippen molar-refractivity contribution in [3.05, 3.63) is 59.7 Å². The van der Waals surface area contributed by atoms with E-state index in [0.717, 1.165) is 23.3 Å². The molecule has 2 N–H and O–H groups in total. The van der Waals surface area contributed by atoms with Crippen LogP contribution in [0.25, 0.3) is 0 Å². The lowest BCUT2D eigenvalue weighted by Gasteiger charge is -2.05. The zero-order chi connectivity index (χ0) is 21.6. The first kappa shape index (κ1) is 22.5. The number of carbonyl (C=O) groups excluding carboxylic acids is 2. The summed E-state index contributed by atoms with van der Waals surface area (Å²) in [4.78, 5) is 23.6. The fraction of sp³-hybridized carbons (Fsp3) is 0.261. The van der Waals surface area contributed by atoms with Crippen molar-refractivity contribution >= 4 is 18.0 Å². The lowest BCUT2D eigenvalue weighted by Crippen LogP contribution is -2.34. The predicted molar refractivity (Wildman–Crippen MR) is 115 cm³/mol. The van der Waals surface area contributed by atoms with E-state index < -0.39 is 5.91 Å². The summed E-state index contributed by atoms with van der Waals surface area (Å²) in [7, 11) is 1.62. The third-order valence-corrected chi connectivity index (χ3v) is 4.08. The smallest absolute Gasteiger partial charge is 0.259 e. The molecule has 0 saturated carbocycles. The van der Waals surface area contributed by atoms with Gasteiger partial charge in [-0.05, 0) is 60.4 Å². The Morgan fingerprint density at radius 1 is 1.07 bits per heavy atom. The molecule has 0 bridgehead atoms. The molecular formula is C23H25N3O4. The highest BCUT2D eigenvalue weighted by atomic mass is 16.5. The molecule has 0 spiro atoms. The molecule has 2 amide bonds. The zero-order valence-electron chi connectivity index (χ0n) is 16.9. The lowest BCUT2D eigenvalue weighted by molar-refractivity contribution is -0.126. The first-order chi connectivity index (χ1) is 14.6. The molecule has 0 fully saturated rings. The number of terminal acetylenes is 1. The quantitative estimate of drug-likeness (QED) is 0.340. The van der Waals surface area contributed by atoms with Gasteiger partial charge in [-0.1, -0.05) is 18.1 Å². The van der Waals surface area contributed by atoms with Crippen LogP contribution in [0.1, 0.15) is 24.0 Å². The fourth-order valence-corrected chi connectivity index (χ4v) is 2.51. The molecule has 0 heterocycles. The average Bonchev–Trinajstić information content (AvgIpc) is 2.77. The number of nitrogens with zero attached hydrogens (tertiary/aromatic N) is 1. The molecule has 30 heavy (non-hydrogen) atoms. The standard InChI is InChI=1S/C23H25N3O4/c1-3-15-30-21-13-9-19(10-14-21)16-25-26-23(28)17-24-22(27)6-4-5-18-7-11-20(29-2)12-8-18/h1,7-14,16H,4-6,15,17H2,2H3,(H,24,27)(H,26,28)/b25-16+. The fourth-order valence-electron chi connectivity index (χ4n) is 2.51. The van der Waals surface area contributed by atoms with Crippen LogP contribution in [0.3, 0.4) is 0 Å². The van der Waals surface area contributed by atoms with E-state index in [1.165, 1.54) is 6.21 Å². The molecule has 7 heteroatoms. The highest BCUT2D eigenvalue weighted by Gasteiger charge is 2.05. The Morgan fingerprint density at radius 2 is 1.77 bits per heavy atom. The molecular weight excluding hydrogens is 382 g/mol. The number of carbonyl (C=O) groups is 2. The monoisotopic (exact) mass is 407 g/mol. The van der Waals surface area contributed by atoms with Gasteiger partial charge in [0.05, 0.1) is 19.9 Å². The first-order valence-electron chi connectivity index (χ1n) is 9.48. The van der Waals surface area contributed by atoms with Crippen LogP contribution >= 0.6 is 0 Å². The Morgan fingerprint density at radius 3 is 2.43 bits per heavy atom. The number of ether oxygens (including phenoxy) is 2. The van der Waals surface area contributed by atoms with Gasteiger partial charge >= 0.3 is 0 Å². The summed E-state index contributed by atoms with van der Waals surface area (Å²) in [5.74, 6) is 3.27. The third-order valence-electron chi connectivity index (χ3n) is 4.08. The van der Waals surface area contributed by atoms with Crippen molar-refractivity contribution in [3.8, 4) is 23.8 Å². The van der Waals surface area contributed by atoms with Crippen LogP contribution in [-0.2, 0) is 16.0 Å². The van der Waals surface area contributed by atoms with Crippen LogP contribution in [0.4, 0.5) is 0 Å². The van der Waals surface area contributed by atoms with Crippen LogP contribution < -0.4 is 20.2 Å². The van der Waals surface area contributed by atoms with E-state index in [9.17, 15) is 9.59 Å². The number of nitrogens with one attached hydrogen (secondary N) is 2. The molecule has 0 saturated heterocycles. The molecule has 0 unspecified atom stereocenters. The van der Waals surface area contributed by atoms with E-state index in [4.69, 9.17) is 15.9 Å². The van der Waals surface area contributed by atoms with Crippen LogP contribution in [0, 0.1) is 12.3 Å². The highest BCUT2D eigenvalue weighted by Crippen LogP contribution is 2.13. The van der Waals surface area contributed by atoms with Crippen LogP contribution in [-0.4, -0.2) is 38.3 Å². The Kier molecular flexibility index (Phi) is 9.47. The maximum absolute atomic E-state index is 11.9. The Labute approximate surface area is 176 Å². The largest absolute Gasteiger partial charge is 0.497 e. The summed E-state index contributed by atoms with van der Waals surface area (Å²) < 4.78 is 10.4. The molecule has 0 aromatic heterocycles. The second-order valence-electron chi connectivity index (χ2n) is 6.33. The molecule has 2 aromatic carbocycles. The Hall–Kier alpha value is -3.79. The van der Waals surface area contributed by atoms with Gasteiger partial charge in [-0.3, -0.25) is 9.59 Å². The molecule has 0 aliphatic rings. The highest BCUT2D eigenvalue weighted by molar-refractivity contribution is 5.86. The van der Waals surface area contributed by atoms with Gasteiger partial charge in [-0.15, -0.1) is 6.42 Å². The normalized spacial score (nSPS) is 10.3. The van der Waals surface area contributed by atoms with Crippen LogP contribution in [0.2, 0.25) is 0 Å². The lowest BCUT2D eigenvalue weighted by atomic mass is 10.1. The topological polar surface area (TPSA) is 89.0 Å². The maximum Gasteiger partial charge on any atom is 0.259 e. The Balaban J connectivity index is 1.61. The minimum Gasteiger partial charge on any atom is -0.497 e. The SMILES string of the molecule is C#CCOc1ccc(/C=N/NC(=O)CNC(=O)CCCc2ccc(OC)cc2)cc1. The number of hydrazone groups is 1. The summed E-state index contributed by atoms with van der Waals surface area (Å²) in [6.45, 7) is 0.0777. The average molecular weight is 407 g/mol. The minimum atomic E-state index is -0.399. The first-order valence-corrected chi connectivity index (χ1v) is 9.48. The van der Waals surface area contributed by atoms with Gasteiger partial charge in [0.1, 0.15) is 18.1 Å². The van der Waals surface area contributed by atoms with Gasteiger partial charge in [-0.25, -0.2) is 5.43 Å². The van der Waals surface area contributed by atoms with Crippen LogP contribution in [0.15, 0.2) is 53.6 Å². The van der Waals surface area contributed by atoms with Crippen molar-refractivity contribution in [1.82, 2.24) is 10.7 Å². The Bertz CT molecular complexity index is 884. The summed E-state index contributed by atoms with van der Waals surface area (Å²) in [5, 5.41) is 6.45. The van der Waals surface area contributed by atoms with Crippen molar-refractivity contribution in [3.63, 3.8) is 0 Å². The number of amides is 2. The second-order valence-corrected chi connectivity index (χ2v) is 6.33. The zero-order valence-corrected chi connectivity index (χ0v) is 16.9. The van der Waals surface area contributed by atoms with E-state index in [-0.39, 0.29) is 19.1 Å². The van der Waals surface area contributed by atoms with Crippen molar-refractivity contribution in [1.29, 1.82) is 0 Å². The molecule has 156 valence electrons. The number of rotatable bonds is 11. The molecule has 7 nitrogen and oxygen atoms in total. The number of methoxy groups -OCH3 is 1. The summed E-state index contributed by atoms with van der Waals surface area (Å²) in [6.07, 6.45) is 8.45. The number of aryl methyl sites for hydroxylation is 1. The number of hydrogen-bond donors (Lipinski definition) is 2. The van der Waals surface area contributed by atoms with Gasteiger partial charge in [0, 0.05) is 6.42 Å². The van der Waals surface area contributed by atoms with E-state index >= 15 is 0 Å². The van der Waals surface area contributed by atoms with Gasteiger partial charge in [0.15, 0.2) is 0 Å². The maximum atomic E-state index is 11.9. The van der Waals surface area contributed by atoms with Crippen molar-refractivity contribution in [2.75, 3.05) is 20.3 Å². The van der Waals surface area contributed by atoms with E-state index in [0.29, 0.717) is 18.6 Å². The summed E-state index contributed by atoms with van der Waals surface area (Å²) in [6, 6.07) is 14.8. The third kappa shape index (κ3) is 8.48. The van der Waals surface area contributed by atoms with Gasteiger partial charge in [0.2, 0.25) is 5.91 Å². The molecule has 0 aliphatic carbocycles. The van der Waals surface area contributed by atoms with Gasteiger partial charge < -0.3 is 14.8 Å². The summed E-state index contributed by atoms with van der Waals surface area (Å²) in [5.41, 5.74) is 4.29. The van der Waals surface area contributed by atoms with Crippen molar-refractivity contribution in [2.45, 2.75) is 19.3 Å². The minimum absolute atomic E-state index is 0.127. The molecule has 0 atom stereocenters. The molecule has 2 rings (SSSR count). The number of hydrogen-bond acceptors (Lipinski definition) is 5. The molecule has 0 aliphatic heterocycles.